The summed E-state index contributed by atoms with van der Waals surface area (Å²) in [4.78, 5) is 12.3. The van der Waals surface area contributed by atoms with Gasteiger partial charge in [-0.15, -0.1) is 0 Å². The number of para-hydroxylation sites is 3. The van der Waals surface area contributed by atoms with Crippen LogP contribution in [0.25, 0.3) is 0 Å². The zero-order chi connectivity index (χ0) is 18.2. The van der Waals surface area contributed by atoms with Gasteiger partial charge in [-0.2, -0.15) is 0 Å². The number of hydrogen-bond acceptors (Lipinski definition) is 3. The fourth-order valence-electron chi connectivity index (χ4n) is 2.57. The van der Waals surface area contributed by atoms with Crippen LogP contribution in [-0.2, 0) is 4.79 Å². The first-order chi connectivity index (χ1) is 12.7. The molecule has 0 aliphatic heterocycles. The van der Waals surface area contributed by atoms with Crippen LogP contribution in [0.5, 0.6) is 11.5 Å². The second-order valence-electron chi connectivity index (χ2n) is 5.97. The fourth-order valence-corrected chi connectivity index (χ4v) is 2.57. The second kappa shape index (κ2) is 8.83. The molecular formula is C22H22N2O2. The minimum atomic E-state index is -0.114. The van der Waals surface area contributed by atoms with Gasteiger partial charge in [-0.1, -0.05) is 60.7 Å². The van der Waals surface area contributed by atoms with Crippen molar-refractivity contribution in [1.82, 2.24) is 5.32 Å². The molecule has 0 heterocycles. The molecule has 0 saturated carbocycles. The summed E-state index contributed by atoms with van der Waals surface area (Å²) in [5.41, 5.74) is 1.80. The largest absolute Gasteiger partial charge is 0.455 e. The van der Waals surface area contributed by atoms with E-state index in [1.165, 1.54) is 0 Å². The molecule has 1 atom stereocenters. The van der Waals surface area contributed by atoms with E-state index >= 15 is 0 Å². The summed E-state index contributed by atoms with van der Waals surface area (Å²) in [6, 6.07) is 27.0. The summed E-state index contributed by atoms with van der Waals surface area (Å²) < 4.78 is 5.87. The van der Waals surface area contributed by atoms with Crippen molar-refractivity contribution >= 4 is 11.6 Å². The number of nitrogens with one attached hydrogen (secondary N) is 2. The lowest BCUT2D eigenvalue weighted by atomic mass is 10.1. The van der Waals surface area contributed by atoms with Gasteiger partial charge in [-0.25, -0.2) is 0 Å². The van der Waals surface area contributed by atoms with Gasteiger partial charge in [0, 0.05) is 6.04 Å². The molecule has 4 heteroatoms. The Labute approximate surface area is 153 Å². The van der Waals surface area contributed by atoms with Crippen LogP contribution in [0, 0.1) is 0 Å². The number of amides is 1. The van der Waals surface area contributed by atoms with E-state index in [4.69, 9.17) is 4.74 Å². The molecule has 3 aromatic rings. The standard InChI is InChI=1S/C22H22N2O2/c1-17(18-10-4-2-5-11-18)23-16-22(25)24-20-14-8-9-15-21(20)26-19-12-6-3-7-13-19/h2-15,17,23H,16H2,1H3,(H,24,25)/t17-/m1/s1. The molecule has 3 rings (SSSR count). The predicted molar refractivity (Wildman–Crippen MR) is 104 cm³/mol. The molecule has 0 aromatic heterocycles. The van der Waals surface area contributed by atoms with Gasteiger partial charge in [0.1, 0.15) is 5.75 Å². The molecule has 0 bridgehead atoms. The molecule has 0 aliphatic rings. The zero-order valence-corrected chi connectivity index (χ0v) is 14.7. The number of anilines is 1. The highest BCUT2D eigenvalue weighted by molar-refractivity contribution is 5.93. The van der Waals surface area contributed by atoms with Crippen molar-refractivity contribution in [3.8, 4) is 11.5 Å². The Morgan fingerprint density at radius 3 is 2.23 bits per heavy atom. The third-order valence-corrected chi connectivity index (χ3v) is 4.00. The molecule has 26 heavy (non-hydrogen) atoms. The van der Waals surface area contributed by atoms with E-state index in [2.05, 4.69) is 10.6 Å². The molecule has 4 nitrogen and oxygen atoms in total. The lowest BCUT2D eigenvalue weighted by Gasteiger charge is -2.15. The van der Waals surface area contributed by atoms with Crippen molar-refractivity contribution in [1.29, 1.82) is 0 Å². The zero-order valence-electron chi connectivity index (χ0n) is 14.7. The maximum Gasteiger partial charge on any atom is 0.238 e. The predicted octanol–water partition coefficient (Wildman–Crippen LogP) is 4.77. The van der Waals surface area contributed by atoms with E-state index in [1.807, 2.05) is 91.9 Å². The summed E-state index contributed by atoms with van der Waals surface area (Å²) in [6.45, 7) is 2.25. The van der Waals surface area contributed by atoms with Crippen LogP contribution in [0.3, 0.4) is 0 Å². The first-order valence-corrected chi connectivity index (χ1v) is 8.62. The van der Waals surface area contributed by atoms with Crippen LogP contribution >= 0.6 is 0 Å². The van der Waals surface area contributed by atoms with Crippen molar-refractivity contribution in [3.63, 3.8) is 0 Å². The van der Waals surface area contributed by atoms with Gasteiger partial charge in [0.05, 0.1) is 12.2 Å². The quantitative estimate of drug-likeness (QED) is 0.648. The van der Waals surface area contributed by atoms with E-state index in [0.29, 0.717) is 11.4 Å². The minimum Gasteiger partial charge on any atom is -0.455 e. The number of carbonyl (C=O) groups is 1. The maximum absolute atomic E-state index is 12.3. The molecule has 1 amide bonds. The van der Waals surface area contributed by atoms with Crippen LogP contribution in [0.4, 0.5) is 5.69 Å². The molecule has 0 spiro atoms. The smallest absolute Gasteiger partial charge is 0.238 e. The summed E-state index contributed by atoms with van der Waals surface area (Å²) in [5.74, 6) is 1.23. The highest BCUT2D eigenvalue weighted by Crippen LogP contribution is 2.28. The Kier molecular flexibility index (Phi) is 6.01. The summed E-state index contributed by atoms with van der Waals surface area (Å²) in [7, 11) is 0. The second-order valence-corrected chi connectivity index (χ2v) is 5.97. The number of ether oxygens (including phenoxy) is 1. The Bertz CT molecular complexity index is 835. The molecule has 0 unspecified atom stereocenters. The molecular weight excluding hydrogens is 324 g/mol. The van der Waals surface area contributed by atoms with Crippen LogP contribution < -0.4 is 15.4 Å². The Hall–Kier alpha value is -3.11. The Morgan fingerprint density at radius 2 is 1.50 bits per heavy atom. The van der Waals surface area contributed by atoms with Crippen molar-refractivity contribution < 1.29 is 9.53 Å². The van der Waals surface area contributed by atoms with Crippen molar-refractivity contribution in [2.24, 2.45) is 0 Å². The number of benzene rings is 3. The van der Waals surface area contributed by atoms with Crippen LogP contribution in [0.15, 0.2) is 84.9 Å². The van der Waals surface area contributed by atoms with Gasteiger partial charge in [-0.3, -0.25) is 4.79 Å². The van der Waals surface area contributed by atoms with Gasteiger partial charge in [0.2, 0.25) is 5.91 Å². The van der Waals surface area contributed by atoms with Crippen molar-refractivity contribution in [3.05, 3.63) is 90.5 Å². The first-order valence-electron chi connectivity index (χ1n) is 8.62. The van der Waals surface area contributed by atoms with Gasteiger partial charge >= 0.3 is 0 Å². The molecule has 132 valence electrons. The highest BCUT2D eigenvalue weighted by atomic mass is 16.5. The number of carbonyl (C=O) groups excluding carboxylic acids is 1. The van der Waals surface area contributed by atoms with Gasteiger partial charge in [-0.05, 0) is 36.8 Å². The van der Waals surface area contributed by atoms with E-state index < -0.39 is 0 Å². The molecule has 0 fully saturated rings. The number of rotatable bonds is 7. The van der Waals surface area contributed by atoms with Gasteiger partial charge in [0.25, 0.3) is 0 Å². The Balaban J connectivity index is 1.59. The van der Waals surface area contributed by atoms with Crippen LogP contribution in [-0.4, -0.2) is 12.5 Å². The fraction of sp³-hybridized carbons (Fsp3) is 0.136. The summed E-state index contributed by atoms with van der Waals surface area (Å²) in [6.07, 6.45) is 0. The third kappa shape index (κ3) is 4.94. The molecule has 0 radical (unpaired) electrons. The van der Waals surface area contributed by atoms with Crippen LogP contribution in [0.1, 0.15) is 18.5 Å². The van der Waals surface area contributed by atoms with E-state index in [-0.39, 0.29) is 18.5 Å². The normalized spacial score (nSPS) is 11.6. The average Bonchev–Trinajstić information content (AvgIpc) is 2.69. The van der Waals surface area contributed by atoms with E-state index in [0.717, 1.165) is 11.3 Å². The third-order valence-electron chi connectivity index (χ3n) is 4.00. The molecule has 3 aromatic carbocycles. The van der Waals surface area contributed by atoms with E-state index in [1.54, 1.807) is 0 Å². The van der Waals surface area contributed by atoms with Gasteiger partial charge < -0.3 is 15.4 Å². The minimum absolute atomic E-state index is 0.0952. The van der Waals surface area contributed by atoms with Crippen molar-refractivity contribution in [2.45, 2.75) is 13.0 Å². The topological polar surface area (TPSA) is 50.4 Å². The summed E-state index contributed by atoms with van der Waals surface area (Å²) in [5, 5.41) is 6.15. The van der Waals surface area contributed by atoms with Crippen molar-refractivity contribution in [2.75, 3.05) is 11.9 Å². The van der Waals surface area contributed by atoms with E-state index in [9.17, 15) is 4.79 Å². The lowest BCUT2D eigenvalue weighted by Crippen LogP contribution is -2.30. The first kappa shape index (κ1) is 17.7. The molecule has 0 aliphatic carbocycles. The number of hydrogen-bond donors (Lipinski definition) is 2. The van der Waals surface area contributed by atoms with Crippen LogP contribution in [0.2, 0.25) is 0 Å². The SMILES string of the molecule is C[C@@H](NCC(=O)Nc1ccccc1Oc1ccccc1)c1ccccc1. The van der Waals surface area contributed by atoms with Gasteiger partial charge in [0.15, 0.2) is 5.75 Å². The molecule has 0 saturated heterocycles. The molecule has 2 N–H and O–H groups in total. The average molecular weight is 346 g/mol. The monoisotopic (exact) mass is 346 g/mol. The summed E-state index contributed by atoms with van der Waals surface area (Å²) >= 11 is 0. The highest BCUT2D eigenvalue weighted by Gasteiger charge is 2.10. The lowest BCUT2D eigenvalue weighted by molar-refractivity contribution is -0.115. The Morgan fingerprint density at radius 1 is 0.885 bits per heavy atom. The maximum atomic E-state index is 12.3.